The van der Waals surface area contributed by atoms with Crippen LogP contribution in [0.1, 0.15) is 20.3 Å². The molecule has 0 saturated heterocycles. The Morgan fingerprint density at radius 3 is 2.73 bits per heavy atom. The van der Waals surface area contributed by atoms with E-state index in [4.69, 9.17) is 0 Å². The van der Waals surface area contributed by atoms with Crippen LogP contribution in [0, 0.1) is 5.82 Å². The minimum Gasteiger partial charge on any atom is -0.388 e. The van der Waals surface area contributed by atoms with Gasteiger partial charge in [0.05, 0.1) is 11.3 Å². The molecule has 0 fully saturated rings. The molecule has 2 N–H and O–H groups in total. The zero-order valence-electron chi connectivity index (χ0n) is 8.85. The van der Waals surface area contributed by atoms with Gasteiger partial charge in [0.25, 0.3) is 0 Å². The number of anilines is 1. The molecule has 0 bridgehead atoms. The Kier molecular flexibility index (Phi) is 4.11. The van der Waals surface area contributed by atoms with Crippen molar-refractivity contribution in [1.82, 2.24) is 0 Å². The second-order valence-corrected chi connectivity index (χ2v) is 4.66. The van der Waals surface area contributed by atoms with E-state index in [0.717, 1.165) is 0 Å². The zero-order valence-corrected chi connectivity index (χ0v) is 10.4. The Balaban J connectivity index is 2.73. The predicted octanol–water partition coefficient (Wildman–Crippen LogP) is 3.16. The van der Waals surface area contributed by atoms with Gasteiger partial charge in [-0.15, -0.1) is 0 Å². The van der Waals surface area contributed by atoms with Crippen LogP contribution >= 0.6 is 15.9 Å². The van der Waals surface area contributed by atoms with Crippen LogP contribution < -0.4 is 5.32 Å². The SMILES string of the molecule is CCC(C)(O)CNc1c(F)cccc1Br. The van der Waals surface area contributed by atoms with Gasteiger partial charge < -0.3 is 10.4 Å². The molecular formula is C11H15BrFNO. The van der Waals surface area contributed by atoms with E-state index in [1.807, 2.05) is 6.92 Å². The summed E-state index contributed by atoms with van der Waals surface area (Å²) in [5, 5.41) is 12.7. The van der Waals surface area contributed by atoms with Gasteiger partial charge in [-0.2, -0.15) is 0 Å². The highest BCUT2D eigenvalue weighted by atomic mass is 79.9. The quantitative estimate of drug-likeness (QED) is 0.885. The Hall–Kier alpha value is -0.610. The van der Waals surface area contributed by atoms with Gasteiger partial charge in [0, 0.05) is 11.0 Å². The molecule has 2 nitrogen and oxygen atoms in total. The van der Waals surface area contributed by atoms with Crippen molar-refractivity contribution >= 4 is 21.6 Å². The molecule has 84 valence electrons. The highest BCUT2D eigenvalue weighted by Crippen LogP contribution is 2.25. The van der Waals surface area contributed by atoms with Gasteiger partial charge in [0.1, 0.15) is 5.82 Å². The maximum atomic E-state index is 13.4. The van der Waals surface area contributed by atoms with E-state index in [2.05, 4.69) is 21.2 Å². The fourth-order valence-corrected chi connectivity index (χ4v) is 1.55. The highest BCUT2D eigenvalue weighted by molar-refractivity contribution is 9.10. The van der Waals surface area contributed by atoms with Gasteiger partial charge in [-0.05, 0) is 41.4 Å². The third-order valence-electron chi connectivity index (χ3n) is 2.37. The first kappa shape index (κ1) is 12.5. The molecule has 0 radical (unpaired) electrons. The second kappa shape index (κ2) is 4.94. The van der Waals surface area contributed by atoms with E-state index in [1.165, 1.54) is 6.07 Å². The molecule has 0 saturated carbocycles. The molecule has 0 amide bonds. The van der Waals surface area contributed by atoms with Crippen molar-refractivity contribution < 1.29 is 9.50 Å². The first-order valence-electron chi connectivity index (χ1n) is 4.86. The maximum Gasteiger partial charge on any atom is 0.147 e. The largest absolute Gasteiger partial charge is 0.388 e. The minimum absolute atomic E-state index is 0.322. The van der Waals surface area contributed by atoms with Crippen LogP contribution in [0.2, 0.25) is 0 Å². The predicted molar refractivity (Wildman–Crippen MR) is 63.5 cm³/mol. The number of nitrogens with one attached hydrogen (secondary N) is 1. The van der Waals surface area contributed by atoms with Crippen LogP contribution in [0.5, 0.6) is 0 Å². The van der Waals surface area contributed by atoms with Crippen LogP contribution in [-0.4, -0.2) is 17.3 Å². The first-order chi connectivity index (χ1) is 6.96. The van der Waals surface area contributed by atoms with E-state index in [9.17, 15) is 9.50 Å². The smallest absolute Gasteiger partial charge is 0.147 e. The number of para-hydroxylation sites is 1. The highest BCUT2D eigenvalue weighted by Gasteiger charge is 2.18. The summed E-state index contributed by atoms with van der Waals surface area (Å²) in [6.07, 6.45) is 0.617. The monoisotopic (exact) mass is 275 g/mol. The summed E-state index contributed by atoms with van der Waals surface area (Å²) in [5.74, 6) is -0.323. The van der Waals surface area contributed by atoms with Crippen LogP contribution in [0.15, 0.2) is 22.7 Å². The fraction of sp³-hybridized carbons (Fsp3) is 0.455. The van der Waals surface area contributed by atoms with Gasteiger partial charge in [-0.1, -0.05) is 13.0 Å². The van der Waals surface area contributed by atoms with Crippen molar-refractivity contribution in [3.63, 3.8) is 0 Å². The lowest BCUT2D eigenvalue weighted by Crippen LogP contribution is -2.32. The van der Waals surface area contributed by atoms with Crippen molar-refractivity contribution in [2.24, 2.45) is 0 Å². The summed E-state index contributed by atoms with van der Waals surface area (Å²) in [7, 11) is 0. The molecule has 1 rings (SSSR count). The Morgan fingerprint density at radius 1 is 1.53 bits per heavy atom. The van der Waals surface area contributed by atoms with Gasteiger partial charge in [-0.25, -0.2) is 4.39 Å². The number of benzene rings is 1. The minimum atomic E-state index is -0.818. The molecule has 0 aliphatic heterocycles. The molecule has 0 aliphatic carbocycles. The summed E-state index contributed by atoms with van der Waals surface area (Å²) in [6, 6.07) is 4.77. The fourth-order valence-electron chi connectivity index (χ4n) is 1.07. The second-order valence-electron chi connectivity index (χ2n) is 3.80. The Morgan fingerprint density at radius 2 is 2.20 bits per heavy atom. The van der Waals surface area contributed by atoms with E-state index in [0.29, 0.717) is 23.1 Å². The average Bonchev–Trinajstić information content (AvgIpc) is 2.17. The van der Waals surface area contributed by atoms with E-state index in [1.54, 1.807) is 19.1 Å². The lowest BCUT2D eigenvalue weighted by molar-refractivity contribution is 0.0697. The third kappa shape index (κ3) is 3.47. The molecule has 1 unspecified atom stereocenters. The number of hydrogen-bond donors (Lipinski definition) is 2. The first-order valence-corrected chi connectivity index (χ1v) is 5.66. The average molecular weight is 276 g/mol. The van der Waals surface area contributed by atoms with Crippen molar-refractivity contribution in [1.29, 1.82) is 0 Å². The summed E-state index contributed by atoms with van der Waals surface area (Å²) < 4.78 is 14.0. The Labute approximate surface area is 97.6 Å². The summed E-state index contributed by atoms with van der Waals surface area (Å²) in [6.45, 7) is 3.93. The van der Waals surface area contributed by atoms with Crippen LogP contribution in [0.3, 0.4) is 0 Å². The zero-order chi connectivity index (χ0) is 11.5. The molecule has 0 heterocycles. The summed E-state index contributed by atoms with van der Waals surface area (Å²) >= 11 is 3.25. The summed E-state index contributed by atoms with van der Waals surface area (Å²) in [5.41, 5.74) is -0.423. The van der Waals surface area contributed by atoms with Crippen LogP contribution in [0.25, 0.3) is 0 Å². The maximum absolute atomic E-state index is 13.4. The molecule has 0 aromatic heterocycles. The standard InChI is InChI=1S/C11H15BrFNO/c1-3-11(2,15)7-14-10-8(12)5-4-6-9(10)13/h4-6,14-15H,3,7H2,1-2H3. The molecule has 0 aliphatic rings. The normalized spacial score (nSPS) is 14.7. The molecule has 15 heavy (non-hydrogen) atoms. The summed E-state index contributed by atoms with van der Waals surface area (Å²) in [4.78, 5) is 0. The number of halogens is 2. The van der Waals surface area contributed by atoms with Crippen molar-refractivity contribution in [2.75, 3.05) is 11.9 Å². The lowest BCUT2D eigenvalue weighted by atomic mass is 10.0. The molecule has 1 aromatic carbocycles. The molecule has 4 heteroatoms. The topological polar surface area (TPSA) is 32.3 Å². The van der Waals surface area contributed by atoms with Gasteiger partial charge in [0.2, 0.25) is 0 Å². The molecule has 0 spiro atoms. The van der Waals surface area contributed by atoms with E-state index in [-0.39, 0.29) is 5.82 Å². The number of aliphatic hydroxyl groups is 1. The number of rotatable bonds is 4. The van der Waals surface area contributed by atoms with Gasteiger partial charge in [-0.3, -0.25) is 0 Å². The van der Waals surface area contributed by atoms with E-state index < -0.39 is 5.60 Å². The number of hydrogen-bond acceptors (Lipinski definition) is 2. The van der Waals surface area contributed by atoms with Crippen LogP contribution in [-0.2, 0) is 0 Å². The van der Waals surface area contributed by atoms with Gasteiger partial charge >= 0.3 is 0 Å². The van der Waals surface area contributed by atoms with Crippen LogP contribution in [0.4, 0.5) is 10.1 Å². The Bertz CT molecular complexity index is 321. The van der Waals surface area contributed by atoms with Gasteiger partial charge in [0.15, 0.2) is 0 Å². The molecular weight excluding hydrogens is 261 g/mol. The molecule has 1 aromatic rings. The molecule has 1 atom stereocenters. The van der Waals surface area contributed by atoms with E-state index >= 15 is 0 Å². The third-order valence-corrected chi connectivity index (χ3v) is 3.03. The van der Waals surface area contributed by atoms with Crippen molar-refractivity contribution in [3.05, 3.63) is 28.5 Å². The van der Waals surface area contributed by atoms with Crippen molar-refractivity contribution in [2.45, 2.75) is 25.9 Å². The lowest BCUT2D eigenvalue weighted by Gasteiger charge is -2.22. The van der Waals surface area contributed by atoms with Crippen molar-refractivity contribution in [3.8, 4) is 0 Å².